The van der Waals surface area contributed by atoms with Crippen LogP contribution in [-0.2, 0) is 18.4 Å². The van der Waals surface area contributed by atoms with E-state index in [-0.39, 0.29) is 12.8 Å². The van der Waals surface area contributed by atoms with Gasteiger partial charge in [0.15, 0.2) is 0 Å². The SMILES string of the molecule is CCCCCCCCCCCCCC/C=C\CCCCCCCC(O)CC(=O)NC(COP(=O)(O)OC1C(O)C(O)C(O)C(O)C1O)C(O)CCCCCCCCCCC. The number of nitrogens with one attached hydrogen (secondary N) is 1. The number of allylic oxidation sites excluding steroid dienone is 2. The normalized spacial score (nSPS) is 23.4. The highest BCUT2D eigenvalue weighted by atomic mass is 31.2. The lowest BCUT2D eigenvalue weighted by molar-refractivity contribution is -0.220. The van der Waals surface area contributed by atoms with Crippen molar-refractivity contribution in [2.24, 2.45) is 0 Å². The van der Waals surface area contributed by atoms with Crippen LogP contribution in [0.25, 0.3) is 0 Å². The van der Waals surface area contributed by atoms with Gasteiger partial charge in [0.25, 0.3) is 0 Å². The molecule has 1 aliphatic carbocycles. The molecule has 0 radical (unpaired) electrons. The molecule has 0 spiro atoms. The van der Waals surface area contributed by atoms with Crippen molar-refractivity contribution in [2.75, 3.05) is 6.61 Å². The van der Waals surface area contributed by atoms with Crippen LogP contribution in [0.5, 0.6) is 0 Å². The summed E-state index contributed by atoms with van der Waals surface area (Å²) in [5.74, 6) is -0.565. The van der Waals surface area contributed by atoms with Gasteiger partial charge in [0, 0.05) is 0 Å². The monoisotopic (exact) mass is 880 g/mol. The van der Waals surface area contributed by atoms with Crippen LogP contribution in [0.4, 0.5) is 0 Å². The van der Waals surface area contributed by atoms with Crippen LogP contribution < -0.4 is 5.32 Å². The maximum atomic E-state index is 13.0. The maximum Gasteiger partial charge on any atom is 0.472 e. The zero-order chi connectivity index (χ0) is 44.4. The Hall–Kier alpha value is -0.960. The highest BCUT2D eigenvalue weighted by molar-refractivity contribution is 7.47. The minimum Gasteiger partial charge on any atom is -0.393 e. The lowest BCUT2D eigenvalue weighted by atomic mass is 9.85. The van der Waals surface area contributed by atoms with Crippen LogP contribution in [-0.4, -0.2) is 108 Å². The number of hydrogen-bond acceptors (Lipinski definition) is 11. The van der Waals surface area contributed by atoms with Crippen LogP contribution in [0.15, 0.2) is 12.2 Å². The molecule has 0 aromatic rings. The van der Waals surface area contributed by atoms with E-state index < -0.39 is 75.2 Å². The van der Waals surface area contributed by atoms with Crippen LogP contribution in [0.1, 0.15) is 213 Å². The largest absolute Gasteiger partial charge is 0.472 e. The Bertz CT molecular complexity index is 1090. The summed E-state index contributed by atoms with van der Waals surface area (Å²) < 4.78 is 22.9. The molecule has 1 aliphatic rings. The van der Waals surface area contributed by atoms with Crippen molar-refractivity contribution in [2.45, 2.75) is 268 Å². The van der Waals surface area contributed by atoms with Crippen LogP contribution in [0.3, 0.4) is 0 Å². The van der Waals surface area contributed by atoms with Gasteiger partial charge in [-0.1, -0.05) is 180 Å². The third-order valence-electron chi connectivity index (χ3n) is 11.9. The van der Waals surface area contributed by atoms with E-state index in [0.717, 1.165) is 70.6 Å². The molecule has 0 aromatic heterocycles. The molecule has 1 rings (SSSR count). The van der Waals surface area contributed by atoms with Gasteiger partial charge in [-0.3, -0.25) is 13.8 Å². The first kappa shape index (κ1) is 57.1. The van der Waals surface area contributed by atoms with Gasteiger partial charge < -0.3 is 46.0 Å². The second-order valence-electron chi connectivity index (χ2n) is 17.5. The molecule has 0 heterocycles. The third kappa shape index (κ3) is 28.0. The fourth-order valence-electron chi connectivity index (χ4n) is 7.89. The van der Waals surface area contributed by atoms with Crippen molar-refractivity contribution in [1.29, 1.82) is 0 Å². The number of rotatable bonds is 40. The number of phosphoric acid groups is 1. The van der Waals surface area contributed by atoms with Gasteiger partial charge in [0.05, 0.1) is 31.3 Å². The number of aliphatic hydroxyl groups is 7. The van der Waals surface area contributed by atoms with Gasteiger partial charge in [0.1, 0.15) is 36.6 Å². The molecule has 0 aliphatic heterocycles. The predicted octanol–water partition coefficient (Wildman–Crippen LogP) is 8.20. The Morgan fingerprint density at radius 3 is 1.37 bits per heavy atom. The van der Waals surface area contributed by atoms with Crippen molar-refractivity contribution in [3.63, 3.8) is 0 Å². The maximum absolute atomic E-state index is 13.0. The highest BCUT2D eigenvalue weighted by Crippen LogP contribution is 2.47. The van der Waals surface area contributed by atoms with E-state index in [9.17, 15) is 50.0 Å². The minimum absolute atomic E-state index is 0.225. The van der Waals surface area contributed by atoms with Gasteiger partial charge >= 0.3 is 7.82 Å². The van der Waals surface area contributed by atoms with Crippen molar-refractivity contribution in [3.8, 4) is 0 Å². The van der Waals surface area contributed by atoms with E-state index in [1.165, 1.54) is 103 Å². The van der Waals surface area contributed by atoms with Gasteiger partial charge in [0.2, 0.25) is 5.91 Å². The average Bonchev–Trinajstić information content (AvgIpc) is 3.22. The molecule has 13 nitrogen and oxygen atoms in total. The van der Waals surface area contributed by atoms with Crippen molar-refractivity contribution in [3.05, 3.63) is 12.2 Å². The Labute approximate surface area is 363 Å². The predicted molar refractivity (Wildman–Crippen MR) is 238 cm³/mol. The zero-order valence-corrected chi connectivity index (χ0v) is 38.5. The number of aliphatic hydroxyl groups excluding tert-OH is 7. The lowest BCUT2D eigenvalue weighted by Gasteiger charge is -2.41. The quantitative estimate of drug-likeness (QED) is 0.0161. The summed E-state index contributed by atoms with van der Waals surface area (Å²) in [6.45, 7) is 3.76. The van der Waals surface area contributed by atoms with E-state index in [4.69, 9.17) is 9.05 Å². The Morgan fingerprint density at radius 1 is 0.567 bits per heavy atom. The molecule has 14 heteroatoms. The molecule has 1 amide bonds. The molecule has 0 saturated heterocycles. The number of unbranched alkanes of at least 4 members (excludes halogenated alkanes) is 25. The molecule has 0 bridgehead atoms. The number of amides is 1. The molecule has 1 fully saturated rings. The molecular formula is C46H90NO12P. The van der Waals surface area contributed by atoms with Crippen LogP contribution in [0, 0.1) is 0 Å². The topological polar surface area (TPSA) is 226 Å². The number of carbonyl (C=O) groups excluding carboxylic acids is 1. The Morgan fingerprint density at radius 2 is 0.933 bits per heavy atom. The molecule has 9 N–H and O–H groups in total. The third-order valence-corrected chi connectivity index (χ3v) is 12.9. The van der Waals surface area contributed by atoms with Gasteiger partial charge in [-0.05, 0) is 38.5 Å². The standard InChI is InChI=1S/C46H90NO12P/c1-3-5-7-9-11-13-14-15-16-17-18-19-20-21-22-23-24-26-27-29-31-33-37(48)35-40(50)47-38(39(49)34-32-30-28-25-12-10-8-6-4-2)36-58-60(56,57)59-46-44(54)42(52)41(51)43(53)45(46)55/h21-22,37-39,41-46,48-49,51-55H,3-20,23-36H2,1-2H3,(H,47,50)(H,56,57)/b22-21-. The summed E-state index contributed by atoms with van der Waals surface area (Å²) in [5.41, 5.74) is 0. The van der Waals surface area contributed by atoms with Gasteiger partial charge in [-0.15, -0.1) is 0 Å². The summed E-state index contributed by atoms with van der Waals surface area (Å²) >= 11 is 0. The first-order valence-electron chi connectivity index (χ1n) is 24.2. The van der Waals surface area contributed by atoms with E-state index >= 15 is 0 Å². The fourth-order valence-corrected chi connectivity index (χ4v) is 8.85. The number of hydrogen-bond donors (Lipinski definition) is 9. The van der Waals surface area contributed by atoms with E-state index in [0.29, 0.717) is 12.8 Å². The number of carbonyl (C=O) groups is 1. The molecule has 60 heavy (non-hydrogen) atoms. The molecule has 8 unspecified atom stereocenters. The first-order valence-corrected chi connectivity index (χ1v) is 25.7. The van der Waals surface area contributed by atoms with Crippen molar-refractivity contribution < 1.29 is 59.0 Å². The summed E-state index contributed by atoms with van der Waals surface area (Å²) in [6, 6.07) is -1.15. The summed E-state index contributed by atoms with van der Waals surface area (Å²) in [6.07, 6.45) is 24.3. The molecule has 8 atom stereocenters. The lowest BCUT2D eigenvalue weighted by Crippen LogP contribution is -2.64. The van der Waals surface area contributed by atoms with Crippen molar-refractivity contribution in [1.82, 2.24) is 5.32 Å². The first-order chi connectivity index (χ1) is 28.8. The fraction of sp³-hybridized carbons (Fsp3) is 0.935. The van der Waals surface area contributed by atoms with E-state index in [2.05, 4.69) is 31.3 Å². The van der Waals surface area contributed by atoms with Gasteiger partial charge in [-0.25, -0.2) is 4.57 Å². The number of phosphoric ester groups is 1. The summed E-state index contributed by atoms with van der Waals surface area (Å²) in [7, 11) is -5.11. The summed E-state index contributed by atoms with van der Waals surface area (Å²) in [4.78, 5) is 23.4. The average molecular weight is 880 g/mol. The molecule has 0 aromatic carbocycles. The molecule has 1 saturated carbocycles. The van der Waals surface area contributed by atoms with Crippen LogP contribution in [0.2, 0.25) is 0 Å². The second kappa shape index (κ2) is 36.4. The highest BCUT2D eigenvalue weighted by Gasteiger charge is 2.51. The van der Waals surface area contributed by atoms with Crippen LogP contribution >= 0.6 is 7.82 Å². The smallest absolute Gasteiger partial charge is 0.393 e. The zero-order valence-electron chi connectivity index (χ0n) is 37.6. The minimum atomic E-state index is -5.11. The Kier molecular flexibility index (Phi) is 34.6. The molecular weight excluding hydrogens is 789 g/mol. The second-order valence-corrected chi connectivity index (χ2v) is 18.9. The van der Waals surface area contributed by atoms with Crippen molar-refractivity contribution >= 4 is 13.7 Å². The summed E-state index contributed by atoms with van der Waals surface area (Å²) in [5, 5.41) is 74.5. The Balaban J connectivity index is 2.40. The van der Waals surface area contributed by atoms with E-state index in [1.54, 1.807) is 0 Å². The molecule has 356 valence electrons. The van der Waals surface area contributed by atoms with Gasteiger partial charge in [-0.2, -0.15) is 0 Å². The van der Waals surface area contributed by atoms with E-state index in [1.807, 2.05) is 0 Å².